The van der Waals surface area contributed by atoms with Crippen LogP contribution in [0.1, 0.15) is 11.1 Å². The highest BCUT2D eigenvalue weighted by Crippen LogP contribution is 2.30. The quantitative estimate of drug-likeness (QED) is 0.473. The van der Waals surface area contributed by atoms with Crippen LogP contribution in [-0.2, 0) is 12.7 Å². The van der Waals surface area contributed by atoms with E-state index in [0.717, 1.165) is 12.1 Å². The third-order valence-corrected chi connectivity index (χ3v) is 4.56. The third kappa shape index (κ3) is 3.51. The van der Waals surface area contributed by atoms with Gasteiger partial charge in [-0.2, -0.15) is 18.3 Å². The van der Waals surface area contributed by atoms with Gasteiger partial charge in [0.2, 0.25) is 0 Å². The number of benzene rings is 2. The molecule has 0 N–H and O–H groups in total. The van der Waals surface area contributed by atoms with E-state index in [0.29, 0.717) is 11.3 Å². The highest BCUT2D eigenvalue weighted by atomic mass is 19.4. The Morgan fingerprint density at radius 3 is 2.67 bits per heavy atom. The molecule has 0 aliphatic rings. The Bertz CT molecular complexity index is 1290. The second-order valence-corrected chi connectivity index (χ2v) is 6.48. The number of aromatic nitrogens is 4. The average molecular weight is 418 g/mol. The molecule has 4 aromatic rings. The molecule has 2 aromatic heterocycles. The summed E-state index contributed by atoms with van der Waals surface area (Å²) >= 11 is 0. The van der Waals surface area contributed by atoms with Gasteiger partial charge in [0.05, 0.1) is 31.1 Å². The number of methoxy groups -OCH3 is 1. The Kier molecular flexibility index (Phi) is 4.76. The predicted octanol–water partition coefficient (Wildman–Crippen LogP) is 3.80. The van der Waals surface area contributed by atoms with Crippen LogP contribution in [-0.4, -0.2) is 26.4 Å². The minimum Gasteiger partial charge on any atom is -0.496 e. The lowest BCUT2D eigenvalue weighted by molar-refractivity contribution is -0.137. The Hall–Kier alpha value is -3.69. The molecule has 0 bridgehead atoms. The van der Waals surface area contributed by atoms with E-state index in [9.17, 15) is 22.4 Å². The first kappa shape index (κ1) is 19.6. The van der Waals surface area contributed by atoms with Crippen LogP contribution in [0, 0.1) is 5.82 Å². The minimum absolute atomic E-state index is 0.00253. The lowest BCUT2D eigenvalue weighted by atomic mass is 10.2. The number of ether oxygens (including phenoxy) is 1. The Morgan fingerprint density at radius 2 is 1.93 bits per heavy atom. The van der Waals surface area contributed by atoms with Gasteiger partial charge in [0.25, 0.3) is 5.56 Å². The first-order chi connectivity index (χ1) is 14.3. The van der Waals surface area contributed by atoms with E-state index in [4.69, 9.17) is 4.74 Å². The van der Waals surface area contributed by atoms with Crippen molar-refractivity contribution in [1.82, 2.24) is 19.3 Å². The van der Waals surface area contributed by atoms with E-state index in [2.05, 4.69) is 10.1 Å². The van der Waals surface area contributed by atoms with Crippen molar-refractivity contribution >= 4 is 11.0 Å². The summed E-state index contributed by atoms with van der Waals surface area (Å²) in [4.78, 5) is 17.0. The molecule has 0 aliphatic carbocycles. The Labute approximate surface area is 167 Å². The van der Waals surface area contributed by atoms with Crippen LogP contribution < -0.4 is 10.3 Å². The zero-order valence-corrected chi connectivity index (χ0v) is 15.5. The van der Waals surface area contributed by atoms with Gasteiger partial charge in [0, 0.05) is 5.56 Å². The van der Waals surface area contributed by atoms with Gasteiger partial charge >= 0.3 is 6.18 Å². The Balaban J connectivity index is 1.77. The molecule has 0 unspecified atom stereocenters. The topological polar surface area (TPSA) is 61.9 Å². The van der Waals surface area contributed by atoms with E-state index < -0.39 is 23.1 Å². The van der Waals surface area contributed by atoms with Crippen molar-refractivity contribution in [3.63, 3.8) is 0 Å². The van der Waals surface area contributed by atoms with Gasteiger partial charge in [0.1, 0.15) is 23.3 Å². The van der Waals surface area contributed by atoms with Crippen molar-refractivity contribution in [2.45, 2.75) is 12.7 Å². The molecule has 0 aliphatic heterocycles. The molecule has 10 heteroatoms. The molecule has 0 atom stereocenters. The van der Waals surface area contributed by atoms with Crippen molar-refractivity contribution in [1.29, 1.82) is 0 Å². The molecule has 30 heavy (non-hydrogen) atoms. The zero-order valence-electron chi connectivity index (χ0n) is 15.5. The molecular weight excluding hydrogens is 404 g/mol. The molecule has 154 valence electrons. The van der Waals surface area contributed by atoms with Gasteiger partial charge in [-0.25, -0.2) is 14.1 Å². The monoisotopic (exact) mass is 418 g/mol. The van der Waals surface area contributed by atoms with Gasteiger partial charge in [-0.3, -0.25) is 9.36 Å². The zero-order chi connectivity index (χ0) is 21.5. The van der Waals surface area contributed by atoms with E-state index in [-0.39, 0.29) is 23.3 Å². The average Bonchev–Trinajstić information content (AvgIpc) is 3.15. The molecule has 4 rings (SSSR count). The van der Waals surface area contributed by atoms with Crippen LogP contribution in [0.4, 0.5) is 17.6 Å². The SMILES string of the molecule is COc1ccc(F)cc1Cn1cnc2c(cnn2-c2cccc(C(F)(F)F)c2)c1=O. The molecule has 0 saturated carbocycles. The molecule has 0 spiro atoms. The van der Waals surface area contributed by atoms with E-state index >= 15 is 0 Å². The fraction of sp³-hybridized carbons (Fsp3) is 0.150. The summed E-state index contributed by atoms with van der Waals surface area (Å²) in [5, 5.41) is 4.15. The van der Waals surface area contributed by atoms with Gasteiger partial charge in [-0.15, -0.1) is 0 Å². The van der Waals surface area contributed by atoms with Crippen LogP contribution in [0.15, 0.2) is 59.8 Å². The Morgan fingerprint density at radius 1 is 1.13 bits per heavy atom. The van der Waals surface area contributed by atoms with Crippen LogP contribution in [0.2, 0.25) is 0 Å². The first-order valence-electron chi connectivity index (χ1n) is 8.71. The third-order valence-electron chi connectivity index (χ3n) is 4.56. The summed E-state index contributed by atoms with van der Waals surface area (Å²) in [7, 11) is 1.43. The van der Waals surface area contributed by atoms with Crippen molar-refractivity contribution < 1.29 is 22.3 Å². The normalized spacial score (nSPS) is 11.8. The molecule has 6 nitrogen and oxygen atoms in total. The molecule has 0 amide bonds. The fourth-order valence-corrected chi connectivity index (χ4v) is 3.12. The van der Waals surface area contributed by atoms with Gasteiger partial charge in [-0.1, -0.05) is 6.07 Å². The molecule has 0 fully saturated rings. The summed E-state index contributed by atoms with van der Waals surface area (Å²) in [6, 6.07) is 8.51. The number of hydrogen-bond acceptors (Lipinski definition) is 4. The minimum atomic E-state index is -4.51. The number of hydrogen-bond donors (Lipinski definition) is 0. The highest BCUT2D eigenvalue weighted by molar-refractivity contribution is 5.75. The largest absolute Gasteiger partial charge is 0.496 e. The summed E-state index contributed by atoms with van der Waals surface area (Å²) in [5.74, 6) is -0.0756. The standard InChI is InChI=1S/C20H14F4N4O2/c1-30-17-6-5-14(21)7-12(17)10-27-11-25-18-16(19(27)29)9-26-28(18)15-4-2-3-13(8-15)20(22,23)24/h2-9,11H,10H2,1H3. The fourth-order valence-electron chi connectivity index (χ4n) is 3.12. The molecule has 0 saturated heterocycles. The molecule has 2 aromatic carbocycles. The maximum absolute atomic E-state index is 13.6. The van der Waals surface area contributed by atoms with E-state index in [1.807, 2.05) is 0 Å². The number of halogens is 4. The van der Waals surface area contributed by atoms with Crippen LogP contribution in [0.25, 0.3) is 16.7 Å². The predicted molar refractivity (Wildman–Crippen MR) is 100 cm³/mol. The smallest absolute Gasteiger partial charge is 0.416 e. The van der Waals surface area contributed by atoms with Crippen LogP contribution in [0.5, 0.6) is 5.75 Å². The van der Waals surface area contributed by atoms with Crippen molar-refractivity contribution in [2.24, 2.45) is 0 Å². The summed E-state index contributed by atoms with van der Waals surface area (Å²) in [6.07, 6.45) is -2.03. The van der Waals surface area contributed by atoms with E-state index in [1.165, 1.54) is 59.2 Å². The lowest BCUT2D eigenvalue weighted by Crippen LogP contribution is -2.21. The second-order valence-electron chi connectivity index (χ2n) is 6.48. The molecule has 2 heterocycles. The summed E-state index contributed by atoms with van der Waals surface area (Å²) in [6.45, 7) is -0.00253. The number of nitrogens with zero attached hydrogens (tertiary/aromatic N) is 4. The molecular formula is C20H14F4N4O2. The molecule has 0 radical (unpaired) electrons. The highest BCUT2D eigenvalue weighted by Gasteiger charge is 2.30. The maximum atomic E-state index is 13.6. The first-order valence-corrected chi connectivity index (χ1v) is 8.71. The van der Waals surface area contributed by atoms with Gasteiger partial charge < -0.3 is 4.74 Å². The summed E-state index contributed by atoms with van der Waals surface area (Å²) < 4.78 is 60.2. The van der Waals surface area contributed by atoms with Crippen molar-refractivity contribution in [3.05, 3.63) is 82.3 Å². The van der Waals surface area contributed by atoms with E-state index in [1.54, 1.807) is 0 Å². The van der Waals surface area contributed by atoms with Gasteiger partial charge in [0.15, 0.2) is 5.65 Å². The summed E-state index contributed by atoms with van der Waals surface area (Å²) in [5.41, 5.74) is -0.635. The number of rotatable bonds is 4. The van der Waals surface area contributed by atoms with Crippen LogP contribution in [0.3, 0.4) is 0 Å². The van der Waals surface area contributed by atoms with Crippen molar-refractivity contribution in [3.8, 4) is 11.4 Å². The van der Waals surface area contributed by atoms with Crippen LogP contribution >= 0.6 is 0 Å². The second kappa shape index (κ2) is 7.29. The lowest BCUT2D eigenvalue weighted by Gasteiger charge is -2.11. The maximum Gasteiger partial charge on any atom is 0.416 e. The number of fused-ring (bicyclic) bond motifs is 1. The number of alkyl halides is 3. The van der Waals surface area contributed by atoms with Gasteiger partial charge in [-0.05, 0) is 36.4 Å². The van der Waals surface area contributed by atoms with Crippen molar-refractivity contribution in [2.75, 3.05) is 7.11 Å².